The number of amidine groups is 1. The van der Waals surface area contributed by atoms with Crippen LogP contribution in [0.15, 0.2) is 59.6 Å². The number of para-hydroxylation sites is 2. The SMILES string of the molecule is COc1ccccc1N1CCN(CC2(C)CN=C(c3ccccc3)N2)CC1. The van der Waals surface area contributed by atoms with Crippen LogP contribution in [-0.4, -0.2) is 62.7 Å². The predicted octanol–water partition coefficient (Wildman–Crippen LogP) is 2.63. The van der Waals surface area contributed by atoms with Gasteiger partial charge in [0.2, 0.25) is 0 Å². The molecule has 4 rings (SSSR count). The summed E-state index contributed by atoms with van der Waals surface area (Å²) < 4.78 is 5.52. The summed E-state index contributed by atoms with van der Waals surface area (Å²) >= 11 is 0. The number of piperazine rings is 1. The van der Waals surface area contributed by atoms with Gasteiger partial charge in [-0.3, -0.25) is 9.89 Å². The van der Waals surface area contributed by atoms with E-state index in [-0.39, 0.29) is 5.54 Å². The van der Waals surface area contributed by atoms with Crippen molar-refractivity contribution in [2.75, 3.05) is 51.3 Å². The zero-order valence-electron chi connectivity index (χ0n) is 16.2. The molecule has 5 nitrogen and oxygen atoms in total. The van der Waals surface area contributed by atoms with E-state index in [4.69, 9.17) is 9.73 Å². The smallest absolute Gasteiger partial charge is 0.142 e. The highest BCUT2D eigenvalue weighted by Gasteiger charge is 2.33. The Morgan fingerprint density at radius 2 is 1.70 bits per heavy atom. The summed E-state index contributed by atoms with van der Waals surface area (Å²) in [4.78, 5) is 9.73. The molecule has 2 heterocycles. The fourth-order valence-corrected chi connectivity index (χ4v) is 4.00. The van der Waals surface area contributed by atoms with E-state index in [1.165, 1.54) is 11.3 Å². The number of aliphatic imine (C=N–C) groups is 1. The molecular formula is C22H28N4O. The van der Waals surface area contributed by atoms with E-state index < -0.39 is 0 Å². The van der Waals surface area contributed by atoms with Gasteiger partial charge in [-0.2, -0.15) is 0 Å². The van der Waals surface area contributed by atoms with E-state index in [1.807, 2.05) is 18.2 Å². The van der Waals surface area contributed by atoms with E-state index in [1.54, 1.807) is 7.11 Å². The standard InChI is InChI=1S/C22H28N4O/c1-22(16-23-21(24-22)18-8-4-3-5-9-18)17-25-12-14-26(15-13-25)19-10-6-7-11-20(19)27-2/h3-11H,12-17H2,1-2H3,(H,23,24). The van der Waals surface area contributed by atoms with Gasteiger partial charge < -0.3 is 15.0 Å². The molecule has 1 N–H and O–H groups in total. The van der Waals surface area contributed by atoms with Crippen LogP contribution in [0.1, 0.15) is 12.5 Å². The van der Waals surface area contributed by atoms with Crippen molar-refractivity contribution in [3.05, 3.63) is 60.2 Å². The molecule has 0 bridgehead atoms. The van der Waals surface area contributed by atoms with Gasteiger partial charge in [0, 0.05) is 38.3 Å². The number of anilines is 1. The molecule has 1 atom stereocenters. The Labute approximate surface area is 161 Å². The van der Waals surface area contributed by atoms with Gasteiger partial charge in [-0.1, -0.05) is 42.5 Å². The van der Waals surface area contributed by atoms with Crippen LogP contribution in [0.5, 0.6) is 5.75 Å². The van der Waals surface area contributed by atoms with Gasteiger partial charge in [0.05, 0.1) is 24.9 Å². The van der Waals surface area contributed by atoms with Crippen LogP contribution in [0.25, 0.3) is 0 Å². The predicted molar refractivity (Wildman–Crippen MR) is 111 cm³/mol. The zero-order valence-corrected chi connectivity index (χ0v) is 16.2. The van der Waals surface area contributed by atoms with E-state index >= 15 is 0 Å². The summed E-state index contributed by atoms with van der Waals surface area (Å²) in [5.41, 5.74) is 2.36. The molecule has 2 aromatic carbocycles. The van der Waals surface area contributed by atoms with Crippen LogP contribution in [-0.2, 0) is 0 Å². The van der Waals surface area contributed by atoms with Crippen molar-refractivity contribution in [2.45, 2.75) is 12.5 Å². The largest absolute Gasteiger partial charge is 0.495 e. The monoisotopic (exact) mass is 364 g/mol. The third kappa shape index (κ3) is 3.93. The van der Waals surface area contributed by atoms with Crippen molar-refractivity contribution in [1.29, 1.82) is 0 Å². The van der Waals surface area contributed by atoms with E-state index in [2.05, 4.69) is 58.4 Å². The summed E-state index contributed by atoms with van der Waals surface area (Å²) in [6, 6.07) is 18.7. The van der Waals surface area contributed by atoms with Crippen LogP contribution in [0.2, 0.25) is 0 Å². The van der Waals surface area contributed by atoms with Gasteiger partial charge >= 0.3 is 0 Å². The van der Waals surface area contributed by atoms with Crippen molar-refractivity contribution in [3.63, 3.8) is 0 Å². The third-order valence-electron chi connectivity index (χ3n) is 5.42. The fourth-order valence-electron chi connectivity index (χ4n) is 4.00. The Hall–Kier alpha value is -2.53. The van der Waals surface area contributed by atoms with Gasteiger partial charge in [-0.15, -0.1) is 0 Å². The van der Waals surface area contributed by atoms with E-state index in [0.717, 1.165) is 50.9 Å². The Morgan fingerprint density at radius 1 is 1.00 bits per heavy atom. The lowest BCUT2D eigenvalue weighted by Crippen LogP contribution is -2.56. The maximum Gasteiger partial charge on any atom is 0.142 e. The first-order chi connectivity index (χ1) is 13.2. The first kappa shape index (κ1) is 17.9. The summed E-state index contributed by atoms with van der Waals surface area (Å²) in [6.45, 7) is 8.24. The fraction of sp³-hybridized carbons (Fsp3) is 0.409. The molecule has 2 aliphatic rings. The number of hydrogen-bond acceptors (Lipinski definition) is 5. The topological polar surface area (TPSA) is 40.1 Å². The molecule has 2 aromatic rings. The second-order valence-corrected chi connectivity index (χ2v) is 7.65. The molecule has 1 unspecified atom stereocenters. The Balaban J connectivity index is 1.33. The molecule has 0 amide bonds. The number of methoxy groups -OCH3 is 1. The Bertz CT molecular complexity index is 799. The molecule has 1 fully saturated rings. The van der Waals surface area contributed by atoms with Crippen molar-refractivity contribution in [3.8, 4) is 5.75 Å². The first-order valence-corrected chi connectivity index (χ1v) is 9.65. The van der Waals surface area contributed by atoms with Crippen LogP contribution >= 0.6 is 0 Å². The second-order valence-electron chi connectivity index (χ2n) is 7.65. The van der Waals surface area contributed by atoms with Crippen LogP contribution in [0, 0.1) is 0 Å². The van der Waals surface area contributed by atoms with Crippen molar-refractivity contribution in [1.82, 2.24) is 10.2 Å². The lowest BCUT2D eigenvalue weighted by atomic mass is 10.0. The highest BCUT2D eigenvalue weighted by atomic mass is 16.5. The Morgan fingerprint density at radius 3 is 2.44 bits per heavy atom. The minimum Gasteiger partial charge on any atom is -0.495 e. The lowest BCUT2D eigenvalue weighted by Gasteiger charge is -2.40. The molecule has 1 saturated heterocycles. The maximum atomic E-state index is 5.52. The minimum atomic E-state index is -0.00220. The molecule has 2 aliphatic heterocycles. The first-order valence-electron chi connectivity index (χ1n) is 9.65. The molecular weight excluding hydrogens is 336 g/mol. The second kappa shape index (κ2) is 7.61. The molecule has 0 spiro atoms. The average Bonchev–Trinajstić information content (AvgIpc) is 3.11. The number of rotatable bonds is 5. The molecule has 142 valence electrons. The maximum absolute atomic E-state index is 5.52. The van der Waals surface area contributed by atoms with Gasteiger partial charge in [0.25, 0.3) is 0 Å². The van der Waals surface area contributed by atoms with Crippen LogP contribution in [0.3, 0.4) is 0 Å². The number of ether oxygens (including phenoxy) is 1. The number of benzene rings is 2. The normalized spacial score (nSPS) is 23.0. The third-order valence-corrected chi connectivity index (χ3v) is 5.42. The number of nitrogens with one attached hydrogen (secondary N) is 1. The molecule has 0 saturated carbocycles. The number of hydrogen-bond donors (Lipinski definition) is 1. The van der Waals surface area contributed by atoms with Gasteiger partial charge in [-0.25, -0.2) is 0 Å². The van der Waals surface area contributed by atoms with E-state index in [0.29, 0.717) is 0 Å². The molecule has 0 aliphatic carbocycles. The summed E-state index contributed by atoms with van der Waals surface area (Å²) in [5, 5.41) is 3.67. The van der Waals surface area contributed by atoms with Gasteiger partial charge in [-0.05, 0) is 19.1 Å². The molecule has 0 aromatic heterocycles. The Kier molecular flexibility index (Phi) is 5.03. The van der Waals surface area contributed by atoms with Crippen molar-refractivity contribution >= 4 is 11.5 Å². The average molecular weight is 364 g/mol. The summed E-state index contributed by atoms with van der Waals surface area (Å²) in [5.74, 6) is 1.97. The van der Waals surface area contributed by atoms with E-state index in [9.17, 15) is 0 Å². The summed E-state index contributed by atoms with van der Waals surface area (Å²) in [7, 11) is 1.74. The highest BCUT2D eigenvalue weighted by molar-refractivity contribution is 6.00. The lowest BCUT2D eigenvalue weighted by molar-refractivity contribution is 0.203. The van der Waals surface area contributed by atoms with Gasteiger partial charge in [0.15, 0.2) is 0 Å². The quantitative estimate of drug-likeness (QED) is 0.885. The molecule has 0 radical (unpaired) electrons. The van der Waals surface area contributed by atoms with Crippen LogP contribution in [0.4, 0.5) is 5.69 Å². The van der Waals surface area contributed by atoms with Gasteiger partial charge in [0.1, 0.15) is 11.6 Å². The molecule has 27 heavy (non-hydrogen) atoms. The van der Waals surface area contributed by atoms with Crippen molar-refractivity contribution < 1.29 is 4.74 Å². The summed E-state index contributed by atoms with van der Waals surface area (Å²) in [6.07, 6.45) is 0. The highest BCUT2D eigenvalue weighted by Crippen LogP contribution is 2.28. The minimum absolute atomic E-state index is 0.00220. The zero-order chi connectivity index (χ0) is 18.7. The molecule has 5 heteroatoms. The number of nitrogens with zero attached hydrogens (tertiary/aromatic N) is 3. The van der Waals surface area contributed by atoms with Crippen molar-refractivity contribution in [2.24, 2.45) is 4.99 Å². The van der Waals surface area contributed by atoms with Crippen LogP contribution < -0.4 is 15.0 Å².